The van der Waals surface area contributed by atoms with Crippen LogP contribution < -0.4 is 24.8 Å². The topological polar surface area (TPSA) is 68.8 Å². The zero-order chi connectivity index (χ0) is 17.8. The summed E-state index contributed by atoms with van der Waals surface area (Å²) in [6.45, 7) is 2.80. The number of rotatable bonds is 5. The first-order valence-corrected chi connectivity index (χ1v) is 8.25. The third-order valence-corrected chi connectivity index (χ3v) is 4.03. The molecule has 132 valence electrons. The van der Waals surface area contributed by atoms with E-state index in [1.54, 1.807) is 50.4 Å². The normalized spacial score (nSPS) is 13.7. The highest BCUT2D eigenvalue weighted by molar-refractivity contribution is 6.32. The van der Waals surface area contributed by atoms with E-state index in [1.165, 1.54) is 0 Å². The number of nitrogens with one attached hydrogen (secondary N) is 2. The molecule has 0 aromatic heterocycles. The highest BCUT2D eigenvalue weighted by Crippen LogP contribution is 2.32. The van der Waals surface area contributed by atoms with Crippen molar-refractivity contribution in [2.45, 2.75) is 13.0 Å². The smallest absolute Gasteiger partial charge is 0.246 e. The Balaban J connectivity index is 1.63. The fraction of sp³-hybridized carbons (Fsp3) is 0.278. The number of methoxy groups -OCH3 is 1. The van der Waals surface area contributed by atoms with E-state index in [0.717, 1.165) is 5.69 Å². The van der Waals surface area contributed by atoms with Crippen LogP contribution in [0.25, 0.3) is 0 Å². The lowest BCUT2D eigenvalue weighted by atomic mass is 10.2. The van der Waals surface area contributed by atoms with Crippen molar-refractivity contribution in [2.24, 2.45) is 0 Å². The summed E-state index contributed by atoms with van der Waals surface area (Å²) in [4.78, 5) is 12.4. The maximum atomic E-state index is 12.4. The number of hydrogen-bond acceptors (Lipinski definition) is 5. The van der Waals surface area contributed by atoms with Gasteiger partial charge in [0.15, 0.2) is 11.5 Å². The van der Waals surface area contributed by atoms with Gasteiger partial charge in [-0.1, -0.05) is 11.6 Å². The van der Waals surface area contributed by atoms with E-state index in [4.69, 9.17) is 25.8 Å². The van der Waals surface area contributed by atoms with Crippen molar-refractivity contribution in [1.29, 1.82) is 0 Å². The minimum Gasteiger partial charge on any atom is -0.495 e. The van der Waals surface area contributed by atoms with Crippen LogP contribution in [0.4, 0.5) is 11.4 Å². The van der Waals surface area contributed by atoms with Gasteiger partial charge in [-0.2, -0.15) is 0 Å². The van der Waals surface area contributed by atoms with E-state index in [2.05, 4.69) is 10.6 Å². The molecule has 1 aliphatic heterocycles. The molecule has 1 aliphatic rings. The second-order valence-electron chi connectivity index (χ2n) is 5.56. The molecule has 0 spiro atoms. The molecule has 2 aromatic rings. The summed E-state index contributed by atoms with van der Waals surface area (Å²) in [6.07, 6.45) is 0. The van der Waals surface area contributed by atoms with Gasteiger partial charge < -0.3 is 24.8 Å². The first-order valence-electron chi connectivity index (χ1n) is 7.87. The molecule has 0 aliphatic carbocycles. The number of halogens is 1. The van der Waals surface area contributed by atoms with E-state index in [1.807, 2.05) is 0 Å². The number of benzene rings is 2. The van der Waals surface area contributed by atoms with Gasteiger partial charge in [0.2, 0.25) is 5.91 Å². The number of carbonyl (C=O) groups is 1. The molecule has 1 heterocycles. The van der Waals surface area contributed by atoms with Crippen molar-refractivity contribution in [1.82, 2.24) is 0 Å². The average molecular weight is 363 g/mol. The Morgan fingerprint density at radius 1 is 1.12 bits per heavy atom. The van der Waals surface area contributed by atoms with Crippen molar-refractivity contribution in [3.63, 3.8) is 0 Å². The standard InChI is InChI=1S/C18H19ClN2O4/c1-11(20-12-3-5-15(23-2)14(19)9-12)18(22)21-13-4-6-16-17(10-13)25-8-7-24-16/h3-6,9-11,20H,7-8H2,1-2H3,(H,21,22)/t11-/m1/s1. The van der Waals surface area contributed by atoms with E-state index < -0.39 is 6.04 Å². The summed E-state index contributed by atoms with van der Waals surface area (Å²) in [5.74, 6) is 1.72. The Kier molecular flexibility index (Phi) is 5.19. The quantitative estimate of drug-likeness (QED) is 0.851. The van der Waals surface area contributed by atoms with E-state index >= 15 is 0 Å². The summed E-state index contributed by atoms with van der Waals surface area (Å²) in [5, 5.41) is 6.44. The molecule has 2 aromatic carbocycles. The molecular weight excluding hydrogens is 344 g/mol. The van der Waals surface area contributed by atoms with Crippen molar-refractivity contribution in [3.8, 4) is 17.2 Å². The molecule has 2 N–H and O–H groups in total. The average Bonchev–Trinajstić information content (AvgIpc) is 2.61. The molecule has 0 bridgehead atoms. The summed E-state index contributed by atoms with van der Waals surface area (Å²) in [6, 6.07) is 10.1. The molecule has 0 saturated heterocycles. The van der Waals surface area contributed by atoms with Gasteiger partial charge >= 0.3 is 0 Å². The fourth-order valence-electron chi connectivity index (χ4n) is 2.44. The highest BCUT2D eigenvalue weighted by Gasteiger charge is 2.16. The maximum Gasteiger partial charge on any atom is 0.246 e. The largest absolute Gasteiger partial charge is 0.495 e. The van der Waals surface area contributed by atoms with Crippen LogP contribution in [0.2, 0.25) is 5.02 Å². The number of amides is 1. The van der Waals surface area contributed by atoms with Gasteiger partial charge in [0.25, 0.3) is 0 Å². The maximum absolute atomic E-state index is 12.4. The van der Waals surface area contributed by atoms with Crippen molar-refractivity contribution >= 4 is 28.9 Å². The van der Waals surface area contributed by atoms with E-state index in [-0.39, 0.29) is 5.91 Å². The van der Waals surface area contributed by atoms with Crippen LogP contribution in [0, 0.1) is 0 Å². The molecule has 3 rings (SSSR count). The molecule has 0 radical (unpaired) electrons. The Morgan fingerprint density at radius 3 is 2.56 bits per heavy atom. The first kappa shape index (κ1) is 17.2. The minimum absolute atomic E-state index is 0.177. The van der Waals surface area contributed by atoms with Gasteiger partial charge in [0.1, 0.15) is 25.0 Å². The summed E-state index contributed by atoms with van der Waals surface area (Å²) < 4.78 is 16.1. The number of fused-ring (bicyclic) bond motifs is 1. The van der Waals surface area contributed by atoms with Crippen LogP contribution in [0.15, 0.2) is 36.4 Å². The predicted molar refractivity (Wildman–Crippen MR) is 97.2 cm³/mol. The first-order chi connectivity index (χ1) is 12.1. The van der Waals surface area contributed by atoms with Crippen molar-refractivity contribution < 1.29 is 19.0 Å². The van der Waals surface area contributed by atoms with Gasteiger partial charge in [-0.25, -0.2) is 0 Å². The minimum atomic E-state index is -0.460. The molecule has 6 nitrogen and oxygen atoms in total. The monoisotopic (exact) mass is 362 g/mol. The lowest BCUT2D eigenvalue weighted by Gasteiger charge is -2.20. The molecule has 0 unspecified atom stereocenters. The fourth-order valence-corrected chi connectivity index (χ4v) is 2.70. The summed E-state index contributed by atoms with van der Waals surface area (Å²) in [5.41, 5.74) is 1.38. The van der Waals surface area contributed by atoms with Crippen LogP contribution in [0.3, 0.4) is 0 Å². The summed E-state index contributed by atoms with van der Waals surface area (Å²) in [7, 11) is 1.55. The Labute approximate surface area is 151 Å². The van der Waals surface area contributed by atoms with Gasteiger partial charge in [0, 0.05) is 17.4 Å². The molecule has 1 amide bonds. The zero-order valence-corrected chi connectivity index (χ0v) is 14.7. The van der Waals surface area contributed by atoms with Crippen LogP contribution in [-0.4, -0.2) is 32.3 Å². The number of ether oxygens (including phenoxy) is 3. The third kappa shape index (κ3) is 4.09. The van der Waals surface area contributed by atoms with Crippen molar-refractivity contribution in [2.75, 3.05) is 31.0 Å². The SMILES string of the molecule is COc1ccc(N[C@H](C)C(=O)Nc2ccc3c(c2)OCCO3)cc1Cl. The van der Waals surface area contributed by atoms with E-state index in [0.29, 0.717) is 41.2 Å². The Bertz CT molecular complexity index is 782. The van der Waals surface area contributed by atoms with Crippen molar-refractivity contribution in [3.05, 3.63) is 41.4 Å². The lowest BCUT2D eigenvalue weighted by molar-refractivity contribution is -0.116. The molecular formula is C18H19ClN2O4. The lowest BCUT2D eigenvalue weighted by Crippen LogP contribution is -2.31. The Hall–Kier alpha value is -2.60. The Morgan fingerprint density at radius 2 is 1.84 bits per heavy atom. The van der Waals surface area contributed by atoms with Crippen LogP contribution in [0.5, 0.6) is 17.2 Å². The number of anilines is 2. The highest BCUT2D eigenvalue weighted by atomic mass is 35.5. The van der Waals surface area contributed by atoms with Gasteiger partial charge in [-0.15, -0.1) is 0 Å². The van der Waals surface area contributed by atoms with Crippen LogP contribution in [0.1, 0.15) is 6.92 Å². The van der Waals surface area contributed by atoms with Gasteiger partial charge in [-0.05, 0) is 37.3 Å². The van der Waals surface area contributed by atoms with E-state index in [9.17, 15) is 4.79 Å². The second-order valence-corrected chi connectivity index (χ2v) is 5.97. The molecule has 0 fully saturated rings. The zero-order valence-electron chi connectivity index (χ0n) is 14.0. The second kappa shape index (κ2) is 7.53. The third-order valence-electron chi connectivity index (χ3n) is 3.74. The van der Waals surface area contributed by atoms with Crippen LogP contribution >= 0.6 is 11.6 Å². The summed E-state index contributed by atoms with van der Waals surface area (Å²) >= 11 is 6.10. The van der Waals surface area contributed by atoms with Gasteiger partial charge in [-0.3, -0.25) is 4.79 Å². The van der Waals surface area contributed by atoms with Crippen LogP contribution in [-0.2, 0) is 4.79 Å². The molecule has 1 atom stereocenters. The molecule has 0 saturated carbocycles. The molecule has 25 heavy (non-hydrogen) atoms. The number of hydrogen-bond donors (Lipinski definition) is 2. The predicted octanol–water partition coefficient (Wildman–Crippen LogP) is 3.56. The van der Waals surface area contributed by atoms with Gasteiger partial charge in [0.05, 0.1) is 12.1 Å². The molecule has 7 heteroatoms. The number of carbonyl (C=O) groups excluding carboxylic acids is 1.